The van der Waals surface area contributed by atoms with Gasteiger partial charge in [-0.05, 0) is 32.6 Å². The minimum Gasteiger partial charge on any atom is -0.381 e. The van der Waals surface area contributed by atoms with Gasteiger partial charge in [-0.1, -0.05) is 13.3 Å². The fourth-order valence-electron chi connectivity index (χ4n) is 3.44. The Labute approximate surface area is 109 Å². The summed E-state index contributed by atoms with van der Waals surface area (Å²) < 4.78 is 5.48. The molecule has 0 aromatic carbocycles. The number of ether oxygens (including phenoxy) is 1. The van der Waals surface area contributed by atoms with Crippen molar-refractivity contribution in [3.8, 4) is 0 Å². The van der Waals surface area contributed by atoms with Crippen LogP contribution in [0.1, 0.15) is 46.0 Å². The standard InChI is InChI=1S/C14H24N2O2/c1-3-4-12-15-14(6-7-14)13(17)16(12)10(2)11-5-8-18-9-11/h10-12,15H,3-9H2,1-2H3. The molecule has 3 atom stereocenters. The fraction of sp³-hybridized carbons (Fsp3) is 0.929. The van der Waals surface area contributed by atoms with Crippen molar-refractivity contribution in [2.75, 3.05) is 13.2 Å². The highest BCUT2D eigenvalue weighted by Gasteiger charge is 2.60. The fourth-order valence-corrected chi connectivity index (χ4v) is 3.44. The van der Waals surface area contributed by atoms with Crippen molar-refractivity contribution in [3.63, 3.8) is 0 Å². The molecule has 1 aliphatic carbocycles. The van der Waals surface area contributed by atoms with Crippen molar-refractivity contribution in [2.24, 2.45) is 5.92 Å². The molecule has 0 bridgehead atoms. The average molecular weight is 252 g/mol. The van der Waals surface area contributed by atoms with E-state index in [1.807, 2.05) is 0 Å². The maximum Gasteiger partial charge on any atom is 0.244 e. The molecule has 1 saturated carbocycles. The Morgan fingerprint density at radius 1 is 1.56 bits per heavy atom. The highest BCUT2D eigenvalue weighted by Crippen LogP contribution is 2.44. The molecular weight excluding hydrogens is 228 g/mol. The topological polar surface area (TPSA) is 41.6 Å². The molecule has 2 saturated heterocycles. The van der Waals surface area contributed by atoms with Gasteiger partial charge < -0.3 is 9.64 Å². The van der Waals surface area contributed by atoms with Gasteiger partial charge in [-0.2, -0.15) is 0 Å². The highest BCUT2D eigenvalue weighted by atomic mass is 16.5. The van der Waals surface area contributed by atoms with E-state index in [1.54, 1.807) is 0 Å². The van der Waals surface area contributed by atoms with Gasteiger partial charge in [0.2, 0.25) is 5.91 Å². The number of nitrogens with zero attached hydrogens (tertiary/aromatic N) is 1. The van der Waals surface area contributed by atoms with Gasteiger partial charge in [0.15, 0.2) is 0 Å². The van der Waals surface area contributed by atoms with Crippen LogP contribution in [0.4, 0.5) is 0 Å². The molecule has 1 spiro atoms. The first kappa shape index (κ1) is 12.4. The van der Waals surface area contributed by atoms with Crippen molar-refractivity contribution < 1.29 is 9.53 Å². The quantitative estimate of drug-likeness (QED) is 0.824. The van der Waals surface area contributed by atoms with Crippen LogP contribution in [0.3, 0.4) is 0 Å². The molecule has 3 fully saturated rings. The molecule has 102 valence electrons. The molecule has 1 N–H and O–H groups in total. The first-order valence-electron chi connectivity index (χ1n) is 7.36. The van der Waals surface area contributed by atoms with Crippen molar-refractivity contribution in [2.45, 2.75) is 63.7 Å². The van der Waals surface area contributed by atoms with Crippen molar-refractivity contribution in [1.29, 1.82) is 0 Å². The van der Waals surface area contributed by atoms with Crippen LogP contribution in [0.5, 0.6) is 0 Å². The summed E-state index contributed by atoms with van der Waals surface area (Å²) in [5, 5.41) is 3.58. The summed E-state index contributed by atoms with van der Waals surface area (Å²) in [4.78, 5) is 14.7. The second-order valence-corrected chi connectivity index (χ2v) is 6.11. The maximum absolute atomic E-state index is 12.6. The Bertz CT molecular complexity index is 335. The molecule has 0 aromatic rings. The molecule has 0 aromatic heterocycles. The van der Waals surface area contributed by atoms with Crippen LogP contribution < -0.4 is 5.32 Å². The molecule has 4 heteroatoms. The lowest BCUT2D eigenvalue weighted by molar-refractivity contribution is -0.133. The van der Waals surface area contributed by atoms with E-state index in [2.05, 4.69) is 24.1 Å². The Balaban J connectivity index is 1.76. The maximum atomic E-state index is 12.6. The lowest BCUT2D eigenvalue weighted by Gasteiger charge is -2.33. The van der Waals surface area contributed by atoms with Crippen molar-refractivity contribution in [3.05, 3.63) is 0 Å². The van der Waals surface area contributed by atoms with Crippen LogP contribution in [-0.2, 0) is 9.53 Å². The average Bonchev–Trinajstić information content (AvgIpc) is 2.85. The first-order valence-corrected chi connectivity index (χ1v) is 7.36. The third-order valence-electron chi connectivity index (χ3n) is 4.82. The van der Waals surface area contributed by atoms with E-state index in [1.165, 1.54) is 0 Å². The van der Waals surface area contributed by atoms with E-state index in [0.717, 1.165) is 45.3 Å². The number of carbonyl (C=O) groups is 1. The molecule has 3 aliphatic rings. The summed E-state index contributed by atoms with van der Waals surface area (Å²) in [5.74, 6) is 0.865. The minimum atomic E-state index is -0.173. The van der Waals surface area contributed by atoms with Gasteiger partial charge in [-0.15, -0.1) is 0 Å². The lowest BCUT2D eigenvalue weighted by Crippen LogP contribution is -2.46. The van der Waals surface area contributed by atoms with E-state index < -0.39 is 0 Å². The highest BCUT2D eigenvalue weighted by molar-refractivity contribution is 5.92. The molecule has 2 heterocycles. The normalized spacial score (nSPS) is 35.4. The molecule has 3 rings (SSSR count). The Kier molecular flexibility index (Phi) is 3.10. The lowest BCUT2D eigenvalue weighted by atomic mass is 9.98. The first-order chi connectivity index (χ1) is 8.68. The summed E-state index contributed by atoms with van der Waals surface area (Å²) in [6.45, 7) is 6.05. The summed E-state index contributed by atoms with van der Waals surface area (Å²) in [7, 11) is 0. The monoisotopic (exact) mass is 252 g/mol. The van der Waals surface area contributed by atoms with E-state index in [4.69, 9.17) is 4.74 Å². The largest absolute Gasteiger partial charge is 0.381 e. The number of carbonyl (C=O) groups excluding carboxylic acids is 1. The van der Waals surface area contributed by atoms with Crippen LogP contribution in [0, 0.1) is 5.92 Å². The van der Waals surface area contributed by atoms with Crippen LogP contribution in [0.15, 0.2) is 0 Å². The van der Waals surface area contributed by atoms with Crippen LogP contribution in [0.25, 0.3) is 0 Å². The number of rotatable bonds is 4. The predicted molar refractivity (Wildman–Crippen MR) is 69.0 cm³/mol. The molecule has 3 unspecified atom stereocenters. The Hall–Kier alpha value is -0.610. The number of hydrogen-bond acceptors (Lipinski definition) is 3. The van der Waals surface area contributed by atoms with E-state index in [0.29, 0.717) is 17.9 Å². The third kappa shape index (κ3) is 1.86. The van der Waals surface area contributed by atoms with E-state index >= 15 is 0 Å². The summed E-state index contributed by atoms with van der Waals surface area (Å²) in [6, 6.07) is 0.309. The smallest absolute Gasteiger partial charge is 0.244 e. The summed E-state index contributed by atoms with van der Waals surface area (Å²) in [6.07, 6.45) is 5.57. The van der Waals surface area contributed by atoms with Crippen molar-refractivity contribution >= 4 is 5.91 Å². The van der Waals surface area contributed by atoms with Gasteiger partial charge in [0.25, 0.3) is 0 Å². The van der Waals surface area contributed by atoms with Gasteiger partial charge in [0.1, 0.15) is 0 Å². The van der Waals surface area contributed by atoms with E-state index in [9.17, 15) is 4.79 Å². The molecule has 4 nitrogen and oxygen atoms in total. The molecule has 2 aliphatic heterocycles. The van der Waals surface area contributed by atoms with Gasteiger partial charge in [-0.3, -0.25) is 10.1 Å². The predicted octanol–water partition coefficient (Wildman–Crippen LogP) is 1.50. The summed E-state index contributed by atoms with van der Waals surface area (Å²) >= 11 is 0. The molecule has 1 amide bonds. The SMILES string of the molecule is CCCC1NC2(CC2)C(=O)N1C(C)C1CCOC1. The molecule has 18 heavy (non-hydrogen) atoms. The van der Waals surface area contributed by atoms with Gasteiger partial charge in [-0.25, -0.2) is 0 Å². The third-order valence-corrected chi connectivity index (χ3v) is 4.82. The second-order valence-electron chi connectivity index (χ2n) is 6.11. The number of amides is 1. The van der Waals surface area contributed by atoms with Gasteiger partial charge in [0.05, 0.1) is 18.3 Å². The zero-order valence-corrected chi connectivity index (χ0v) is 11.4. The Morgan fingerprint density at radius 2 is 2.33 bits per heavy atom. The zero-order valence-electron chi connectivity index (χ0n) is 11.4. The van der Waals surface area contributed by atoms with Crippen molar-refractivity contribution in [1.82, 2.24) is 10.2 Å². The minimum absolute atomic E-state index is 0.173. The zero-order chi connectivity index (χ0) is 12.8. The molecule has 0 radical (unpaired) electrons. The van der Waals surface area contributed by atoms with E-state index in [-0.39, 0.29) is 11.7 Å². The Morgan fingerprint density at radius 3 is 2.89 bits per heavy atom. The van der Waals surface area contributed by atoms with Crippen LogP contribution in [0.2, 0.25) is 0 Å². The van der Waals surface area contributed by atoms with Gasteiger partial charge in [0, 0.05) is 18.6 Å². The number of nitrogens with one attached hydrogen (secondary N) is 1. The second kappa shape index (κ2) is 4.49. The van der Waals surface area contributed by atoms with Gasteiger partial charge >= 0.3 is 0 Å². The number of hydrogen-bond donors (Lipinski definition) is 1. The van der Waals surface area contributed by atoms with Crippen LogP contribution >= 0.6 is 0 Å². The summed E-state index contributed by atoms with van der Waals surface area (Å²) in [5.41, 5.74) is -0.173. The van der Waals surface area contributed by atoms with Crippen LogP contribution in [-0.4, -0.2) is 41.8 Å². The molecular formula is C14H24N2O2.